The van der Waals surface area contributed by atoms with Crippen LogP contribution in [0.5, 0.6) is 0 Å². The van der Waals surface area contributed by atoms with E-state index >= 15 is 0 Å². The third kappa shape index (κ3) is 4.63. The van der Waals surface area contributed by atoms with Crippen molar-refractivity contribution < 1.29 is 9.59 Å². The number of hydrogen-bond donors (Lipinski definition) is 1. The minimum atomic E-state index is -0.154. The maximum atomic E-state index is 12.2. The summed E-state index contributed by atoms with van der Waals surface area (Å²) < 4.78 is 0. The second kappa shape index (κ2) is 7.49. The molecule has 22 heavy (non-hydrogen) atoms. The lowest BCUT2D eigenvalue weighted by Gasteiger charge is -2.35. The van der Waals surface area contributed by atoms with Gasteiger partial charge >= 0.3 is 6.03 Å². The van der Waals surface area contributed by atoms with Crippen molar-refractivity contribution in [3.63, 3.8) is 0 Å². The van der Waals surface area contributed by atoms with Crippen LogP contribution in [-0.2, 0) is 4.79 Å². The Hall–Kier alpha value is -1.75. The number of rotatable bonds is 3. The van der Waals surface area contributed by atoms with Crippen molar-refractivity contribution in [3.8, 4) is 0 Å². The second-order valence-corrected chi connectivity index (χ2v) is 6.34. The van der Waals surface area contributed by atoms with E-state index in [-0.39, 0.29) is 11.9 Å². The summed E-state index contributed by atoms with van der Waals surface area (Å²) >= 11 is 5.90. The summed E-state index contributed by atoms with van der Waals surface area (Å²) in [6.45, 7) is 6.36. The average Bonchev–Trinajstić information content (AvgIpc) is 2.46. The Morgan fingerprint density at radius 3 is 2.41 bits per heavy atom. The lowest BCUT2D eigenvalue weighted by atomic mass is 10.1. The summed E-state index contributed by atoms with van der Waals surface area (Å²) in [4.78, 5) is 27.8. The van der Waals surface area contributed by atoms with Crippen molar-refractivity contribution in [1.82, 2.24) is 9.80 Å². The number of hydrogen-bond acceptors (Lipinski definition) is 2. The van der Waals surface area contributed by atoms with Gasteiger partial charge in [0, 0.05) is 43.3 Å². The van der Waals surface area contributed by atoms with Gasteiger partial charge in [-0.2, -0.15) is 0 Å². The Morgan fingerprint density at radius 2 is 1.82 bits per heavy atom. The van der Waals surface area contributed by atoms with Crippen LogP contribution in [0.15, 0.2) is 24.3 Å². The van der Waals surface area contributed by atoms with Crippen LogP contribution in [0.25, 0.3) is 0 Å². The Labute approximate surface area is 136 Å². The van der Waals surface area contributed by atoms with Gasteiger partial charge in [-0.3, -0.25) is 4.79 Å². The zero-order valence-corrected chi connectivity index (χ0v) is 13.8. The molecular formula is C16H22ClN3O2. The maximum absolute atomic E-state index is 12.2. The number of urea groups is 1. The fraction of sp³-hybridized carbons (Fsp3) is 0.500. The van der Waals surface area contributed by atoms with Gasteiger partial charge in [-0.05, 0) is 24.1 Å². The van der Waals surface area contributed by atoms with Crippen LogP contribution in [0.4, 0.5) is 10.5 Å². The average molecular weight is 324 g/mol. The number of halogens is 1. The van der Waals surface area contributed by atoms with Crippen molar-refractivity contribution in [1.29, 1.82) is 0 Å². The van der Waals surface area contributed by atoms with E-state index < -0.39 is 0 Å². The topological polar surface area (TPSA) is 52.7 Å². The molecule has 1 saturated heterocycles. The lowest BCUT2D eigenvalue weighted by Crippen LogP contribution is -2.51. The largest absolute Gasteiger partial charge is 0.339 e. The van der Waals surface area contributed by atoms with Gasteiger partial charge in [0.2, 0.25) is 5.91 Å². The van der Waals surface area contributed by atoms with Gasteiger partial charge in [-0.25, -0.2) is 4.79 Å². The molecule has 1 aromatic rings. The van der Waals surface area contributed by atoms with Crippen molar-refractivity contribution in [2.75, 3.05) is 31.5 Å². The number of benzene rings is 1. The summed E-state index contributed by atoms with van der Waals surface area (Å²) in [7, 11) is 0. The third-order valence-electron chi connectivity index (χ3n) is 3.58. The summed E-state index contributed by atoms with van der Waals surface area (Å²) in [5, 5.41) is 3.41. The standard InChI is InChI=1S/C16H22ClN3O2/c1-12(2)10-15(21)19-6-8-20(9-7-19)16(22)18-14-5-3-4-13(17)11-14/h3-5,11-12H,6-10H2,1-2H3,(H,18,22). The van der Waals surface area contributed by atoms with Crippen LogP contribution in [0.1, 0.15) is 20.3 Å². The molecule has 1 aliphatic rings. The first-order chi connectivity index (χ1) is 10.5. The van der Waals surface area contributed by atoms with Gasteiger partial charge < -0.3 is 15.1 Å². The molecule has 1 N–H and O–H groups in total. The summed E-state index contributed by atoms with van der Waals surface area (Å²) in [5.74, 6) is 0.529. The maximum Gasteiger partial charge on any atom is 0.321 e. The Kier molecular flexibility index (Phi) is 5.66. The van der Waals surface area contributed by atoms with Crippen LogP contribution in [0, 0.1) is 5.92 Å². The third-order valence-corrected chi connectivity index (χ3v) is 3.81. The highest BCUT2D eigenvalue weighted by Crippen LogP contribution is 2.16. The Balaban J connectivity index is 1.83. The number of piperazine rings is 1. The first kappa shape index (κ1) is 16.6. The highest BCUT2D eigenvalue weighted by molar-refractivity contribution is 6.30. The predicted molar refractivity (Wildman–Crippen MR) is 88.1 cm³/mol. The lowest BCUT2D eigenvalue weighted by molar-refractivity contribution is -0.133. The molecule has 0 spiro atoms. The number of amides is 3. The predicted octanol–water partition coefficient (Wildman–Crippen LogP) is 3.06. The smallest absolute Gasteiger partial charge is 0.321 e. The van der Waals surface area contributed by atoms with E-state index in [1.54, 1.807) is 29.2 Å². The van der Waals surface area contributed by atoms with Gasteiger partial charge in [0.1, 0.15) is 0 Å². The molecule has 1 heterocycles. The van der Waals surface area contributed by atoms with E-state index in [0.717, 1.165) is 0 Å². The number of carbonyl (C=O) groups is 2. The van der Waals surface area contributed by atoms with Gasteiger partial charge in [0.15, 0.2) is 0 Å². The van der Waals surface area contributed by atoms with Crippen LogP contribution in [0.2, 0.25) is 5.02 Å². The Bertz CT molecular complexity index is 540. The summed E-state index contributed by atoms with van der Waals surface area (Å²) in [5.41, 5.74) is 0.677. The molecule has 1 aromatic carbocycles. The van der Waals surface area contributed by atoms with Crippen molar-refractivity contribution in [2.24, 2.45) is 5.92 Å². The minimum absolute atomic E-state index is 0.154. The van der Waals surface area contributed by atoms with Gasteiger partial charge in [0.05, 0.1) is 0 Å². The van der Waals surface area contributed by atoms with Crippen molar-refractivity contribution in [2.45, 2.75) is 20.3 Å². The molecule has 0 aromatic heterocycles. The van der Waals surface area contributed by atoms with E-state index in [0.29, 0.717) is 49.2 Å². The van der Waals surface area contributed by atoms with E-state index in [1.165, 1.54) is 0 Å². The molecule has 0 aliphatic carbocycles. The van der Waals surface area contributed by atoms with Crippen molar-refractivity contribution >= 4 is 29.2 Å². The number of anilines is 1. The van der Waals surface area contributed by atoms with Gasteiger partial charge in [-0.1, -0.05) is 31.5 Å². The zero-order valence-electron chi connectivity index (χ0n) is 13.0. The number of nitrogens with zero attached hydrogens (tertiary/aromatic N) is 2. The van der Waals surface area contributed by atoms with E-state index in [9.17, 15) is 9.59 Å². The van der Waals surface area contributed by atoms with Crippen LogP contribution in [-0.4, -0.2) is 47.9 Å². The minimum Gasteiger partial charge on any atom is -0.339 e. The highest BCUT2D eigenvalue weighted by Gasteiger charge is 2.24. The van der Waals surface area contributed by atoms with Crippen LogP contribution >= 0.6 is 11.6 Å². The number of carbonyl (C=O) groups excluding carboxylic acids is 2. The fourth-order valence-electron chi connectivity index (χ4n) is 2.41. The van der Waals surface area contributed by atoms with Crippen LogP contribution < -0.4 is 5.32 Å². The molecule has 0 bridgehead atoms. The van der Waals surface area contributed by atoms with Crippen molar-refractivity contribution in [3.05, 3.63) is 29.3 Å². The van der Waals surface area contributed by atoms with E-state index in [1.807, 2.05) is 18.7 Å². The quantitative estimate of drug-likeness (QED) is 0.929. The molecule has 0 atom stereocenters. The van der Waals surface area contributed by atoms with Gasteiger partial charge in [-0.15, -0.1) is 0 Å². The summed E-state index contributed by atoms with van der Waals surface area (Å²) in [6.07, 6.45) is 0.564. The molecule has 120 valence electrons. The SMILES string of the molecule is CC(C)CC(=O)N1CCN(C(=O)Nc2cccc(Cl)c2)CC1. The highest BCUT2D eigenvalue weighted by atomic mass is 35.5. The molecule has 0 saturated carbocycles. The molecule has 1 fully saturated rings. The van der Waals surface area contributed by atoms with Gasteiger partial charge in [0.25, 0.3) is 0 Å². The molecule has 5 nitrogen and oxygen atoms in total. The molecule has 0 unspecified atom stereocenters. The molecule has 0 radical (unpaired) electrons. The summed E-state index contributed by atoms with van der Waals surface area (Å²) in [6, 6.07) is 6.91. The van der Waals surface area contributed by atoms with E-state index in [2.05, 4.69) is 5.32 Å². The monoisotopic (exact) mass is 323 g/mol. The van der Waals surface area contributed by atoms with Crippen LogP contribution in [0.3, 0.4) is 0 Å². The molecule has 2 rings (SSSR count). The molecule has 6 heteroatoms. The normalized spacial score (nSPS) is 15.1. The molecular weight excluding hydrogens is 302 g/mol. The fourth-order valence-corrected chi connectivity index (χ4v) is 2.60. The second-order valence-electron chi connectivity index (χ2n) is 5.91. The zero-order chi connectivity index (χ0) is 16.1. The molecule has 3 amide bonds. The van der Waals surface area contributed by atoms with E-state index in [4.69, 9.17) is 11.6 Å². The first-order valence-electron chi connectivity index (χ1n) is 7.55. The first-order valence-corrected chi connectivity index (χ1v) is 7.93. The number of nitrogens with one attached hydrogen (secondary N) is 1. The Morgan fingerprint density at radius 1 is 1.18 bits per heavy atom. The molecule has 1 aliphatic heterocycles.